The first-order valence-electron chi connectivity index (χ1n) is 10.2. The number of ether oxygens (including phenoxy) is 2. The van der Waals surface area contributed by atoms with Crippen LogP contribution in [-0.4, -0.2) is 39.2 Å². The highest BCUT2D eigenvalue weighted by Gasteiger charge is 2.17. The first-order chi connectivity index (χ1) is 15.5. The average molecular weight is 452 g/mol. The lowest BCUT2D eigenvalue weighted by Crippen LogP contribution is -2.21. The Balaban J connectivity index is 1.64. The van der Waals surface area contributed by atoms with Crippen molar-refractivity contribution in [3.05, 3.63) is 69.6 Å². The molecular weight excluding hydrogens is 426 g/mol. The third-order valence-electron chi connectivity index (χ3n) is 5.10. The minimum atomic E-state index is -0.125. The van der Waals surface area contributed by atoms with Crippen molar-refractivity contribution in [2.75, 3.05) is 14.2 Å². The van der Waals surface area contributed by atoms with Gasteiger partial charge in [-0.2, -0.15) is 0 Å². The number of aromatic amines is 1. The molecule has 8 nitrogen and oxygen atoms in total. The van der Waals surface area contributed by atoms with Crippen LogP contribution in [0.1, 0.15) is 36.6 Å². The Morgan fingerprint density at radius 1 is 1.09 bits per heavy atom. The van der Waals surface area contributed by atoms with Crippen LogP contribution >= 0.6 is 11.8 Å². The SMILES string of the molecule is COc1cc(CSc2nc(Cn3nnc4ccccc43)c(C(C)C)c(=O)[nH]2)cc(OC)c1. The molecule has 0 saturated heterocycles. The van der Waals surface area contributed by atoms with Gasteiger partial charge in [0.15, 0.2) is 5.16 Å². The zero-order valence-corrected chi connectivity index (χ0v) is 19.3. The Kier molecular flexibility index (Phi) is 6.45. The molecule has 2 aromatic heterocycles. The monoisotopic (exact) mass is 451 g/mol. The van der Waals surface area contributed by atoms with Crippen molar-refractivity contribution < 1.29 is 9.47 Å². The predicted molar refractivity (Wildman–Crippen MR) is 125 cm³/mol. The van der Waals surface area contributed by atoms with E-state index in [-0.39, 0.29) is 11.5 Å². The quantitative estimate of drug-likeness (QED) is 0.320. The van der Waals surface area contributed by atoms with E-state index < -0.39 is 0 Å². The molecular formula is C23H25N5O3S. The summed E-state index contributed by atoms with van der Waals surface area (Å²) in [6.45, 7) is 4.35. The molecule has 0 aliphatic rings. The summed E-state index contributed by atoms with van der Waals surface area (Å²) in [5.41, 5.74) is 3.96. The maximum absolute atomic E-state index is 12.9. The number of hydrogen-bond acceptors (Lipinski definition) is 7. The van der Waals surface area contributed by atoms with Crippen LogP contribution in [0.4, 0.5) is 0 Å². The number of nitrogens with one attached hydrogen (secondary N) is 1. The first kappa shape index (κ1) is 21.9. The maximum atomic E-state index is 12.9. The fraction of sp³-hybridized carbons (Fsp3) is 0.304. The second-order valence-electron chi connectivity index (χ2n) is 7.63. The van der Waals surface area contributed by atoms with Crippen LogP contribution < -0.4 is 15.0 Å². The molecule has 2 aromatic carbocycles. The van der Waals surface area contributed by atoms with Crippen molar-refractivity contribution in [3.8, 4) is 11.5 Å². The Morgan fingerprint density at radius 3 is 2.50 bits per heavy atom. The van der Waals surface area contributed by atoms with E-state index in [1.807, 2.05) is 56.3 Å². The van der Waals surface area contributed by atoms with Gasteiger partial charge in [0, 0.05) is 17.4 Å². The van der Waals surface area contributed by atoms with Crippen LogP contribution in [0.25, 0.3) is 11.0 Å². The third kappa shape index (κ3) is 4.62. The number of aromatic nitrogens is 5. The second-order valence-corrected chi connectivity index (χ2v) is 8.60. The molecule has 0 unspecified atom stereocenters. The summed E-state index contributed by atoms with van der Waals surface area (Å²) in [5, 5.41) is 9.03. The van der Waals surface area contributed by atoms with E-state index >= 15 is 0 Å². The summed E-state index contributed by atoms with van der Waals surface area (Å²) < 4.78 is 12.5. The number of H-pyrrole nitrogens is 1. The van der Waals surface area contributed by atoms with Gasteiger partial charge in [-0.15, -0.1) is 5.10 Å². The molecule has 0 saturated carbocycles. The van der Waals surface area contributed by atoms with Crippen molar-refractivity contribution >= 4 is 22.8 Å². The predicted octanol–water partition coefficient (Wildman–Crippen LogP) is 4.00. The van der Waals surface area contributed by atoms with Gasteiger partial charge in [-0.3, -0.25) is 4.79 Å². The summed E-state index contributed by atoms with van der Waals surface area (Å²) in [7, 11) is 3.24. The number of methoxy groups -OCH3 is 2. The topological polar surface area (TPSA) is 94.9 Å². The molecule has 9 heteroatoms. The lowest BCUT2D eigenvalue weighted by molar-refractivity contribution is 0.393. The van der Waals surface area contributed by atoms with Gasteiger partial charge >= 0.3 is 0 Å². The molecule has 2 heterocycles. The highest BCUT2D eigenvalue weighted by molar-refractivity contribution is 7.98. The summed E-state index contributed by atoms with van der Waals surface area (Å²) in [4.78, 5) is 20.6. The number of rotatable bonds is 8. The number of para-hydroxylation sites is 1. The fourth-order valence-corrected chi connectivity index (χ4v) is 4.38. The number of nitrogens with zero attached hydrogens (tertiary/aromatic N) is 4. The molecule has 32 heavy (non-hydrogen) atoms. The van der Waals surface area contributed by atoms with Crippen LogP contribution in [0.3, 0.4) is 0 Å². The smallest absolute Gasteiger partial charge is 0.255 e. The normalized spacial score (nSPS) is 11.3. The second kappa shape index (κ2) is 9.44. The van der Waals surface area contributed by atoms with E-state index in [9.17, 15) is 4.79 Å². The Morgan fingerprint density at radius 2 is 1.81 bits per heavy atom. The van der Waals surface area contributed by atoms with E-state index in [2.05, 4.69) is 15.3 Å². The molecule has 166 valence electrons. The van der Waals surface area contributed by atoms with E-state index in [1.165, 1.54) is 11.8 Å². The molecule has 0 amide bonds. The third-order valence-corrected chi connectivity index (χ3v) is 6.04. The van der Waals surface area contributed by atoms with Crippen molar-refractivity contribution in [2.24, 2.45) is 0 Å². The highest BCUT2D eigenvalue weighted by atomic mass is 32.2. The molecule has 1 N–H and O–H groups in total. The van der Waals surface area contributed by atoms with Gasteiger partial charge < -0.3 is 14.5 Å². The lowest BCUT2D eigenvalue weighted by atomic mass is 10.0. The molecule has 0 radical (unpaired) electrons. The largest absolute Gasteiger partial charge is 0.497 e. The van der Waals surface area contributed by atoms with Crippen LogP contribution in [0.2, 0.25) is 0 Å². The van der Waals surface area contributed by atoms with Gasteiger partial charge in [-0.1, -0.05) is 43.0 Å². The van der Waals surface area contributed by atoms with Gasteiger partial charge in [0.25, 0.3) is 5.56 Å². The summed E-state index contributed by atoms with van der Waals surface area (Å²) in [6, 6.07) is 13.5. The average Bonchev–Trinajstić information content (AvgIpc) is 3.19. The number of thioether (sulfide) groups is 1. The molecule has 0 atom stereocenters. The summed E-state index contributed by atoms with van der Waals surface area (Å²) >= 11 is 1.45. The fourth-order valence-electron chi connectivity index (χ4n) is 3.57. The van der Waals surface area contributed by atoms with Crippen molar-refractivity contribution in [1.82, 2.24) is 25.0 Å². The van der Waals surface area contributed by atoms with Gasteiger partial charge in [-0.25, -0.2) is 9.67 Å². The van der Waals surface area contributed by atoms with Crippen molar-refractivity contribution in [2.45, 2.75) is 37.2 Å². The molecule has 4 aromatic rings. The molecule has 0 fully saturated rings. The number of fused-ring (bicyclic) bond motifs is 1. The van der Waals surface area contributed by atoms with E-state index in [0.717, 1.165) is 28.1 Å². The molecule has 4 rings (SSSR count). The van der Waals surface area contributed by atoms with Crippen LogP contribution in [0.15, 0.2) is 52.4 Å². The van der Waals surface area contributed by atoms with E-state index in [4.69, 9.17) is 14.5 Å². The van der Waals surface area contributed by atoms with Crippen molar-refractivity contribution in [3.63, 3.8) is 0 Å². The Hall–Kier alpha value is -3.33. The van der Waals surface area contributed by atoms with Crippen LogP contribution in [-0.2, 0) is 12.3 Å². The maximum Gasteiger partial charge on any atom is 0.255 e. The van der Waals surface area contributed by atoms with Crippen LogP contribution in [0.5, 0.6) is 11.5 Å². The molecule has 0 bridgehead atoms. The van der Waals surface area contributed by atoms with Gasteiger partial charge in [0.1, 0.15) is 17.0 Å². The Bertz CT molecular complexity index is 1280. The lowest BCUT2D eigenvalue weighted by Gasteiger charge is -2.13. The minimum absolute atomic E-state index is 0.0257. The van der Waals surface area contributed by atoms with Gasteiger partial charge in [-0.05, 0) is 35.7 Å². The minimum Gasteiger partial charge on any atom is -0.497 e. The van der Waals surface area contributed by atoms with Gasteiger partial charge in [0.05, 0.1) is 32.0 Å². The number of hydrogen-bond donors (Lipinski definition) is 1. The van der Waals surface area contributed by atoms with Crippen LogP contribution in [0, 0.1) is 0 Å². The van der Waals surface area contributed by atoms with Crippen molar-refractivity contribution in [1.29, 1.82) is 0 Å². The standard InChI is InChI=1S/C23H25N5O3S/c1-14(2)21-19(12-28-20-8-6-5-7-18(20)26-27-28)24-23(25-22(21)29)32-13-15-9-16(30-3)11-17(10-15)31-4/h5-11,14H,12-13H2,1-4H3,(H,24,25,29). The summed E-state index contributed by atoms with van der Waals surface area (Å²) in [5.74, 6) is 2.06. The molecule has 0 aliphatic heterocycles. The van der Waals surface area contributed by atoms with E-state index in [0.29, 0.717) is 28.7 Å². The summed E-state index contributed by atoms with van der Waals surface area (Å²) in [6.07, 6.45) is 0. The number of benzene rings is 2. The molecule has 0 aliphatic carbocycles. The highest BCUT2D eigenvalue weighted by Crippen LogP contribution is 2.27. The Labute approximate surface area is 190 Å². The first-order valence-corrected chi connectivity index (χ1v) is 11.2. The molecule has 0 spiro atoms. The van der Waals surface area contributed by atoms with E-state index in [1.54, 1.807) is 18.9 Å². The zero-order chi connectivity index (χ0) is 22.7. The zero-order valence-electron chi connectivity index (χ0n) is 18.5. The van der Waals surface area contributed by atoms with Gasteiger partial charge in [0.2, 0.25) is 0 Å².